The second-order valence-corrected chi connectivity index (χ2v) is 8.61. The molecular formula is C16H22ClNO5S. The highest BCUT2D eigenvalue weighted by molar-refractivity contribution is 7.89. The van der Waals surface area contributed by atoms with Crippen LogP contribution < -0.4 is 0 Å². The molecule has 2 rings (SSSR count). The fraction of sp³-hybridized carbons (Fsp3) is 0.562. The summed E-state index contributed by atoms with van der Waals surface area (Å²) in [6, 6.07) is 4.49. The SMILES string of the molecule is CCC[C@]1(C(=O)O)CN(S(=O)(=O)c2ccc(Cl)cc2C)CC[C@H]1O. The van der Waals surface area contributed by atoms with E-state index in [0.29, 0.717) is 17.0 Å². The number of carboxylic acid groups (broad SMARTS) is 1. The Bertz CT molecular complexity index is 736. The number of hydrogen-bond acceptors (Lipinski definition) is 4. The normalized spacial score (nSPS) is 25.6. The van der Waals surface area contributed by atoms with Crippen LogP contribution in [0.5, 0.6) is 0 Å². The van der Waals surface area contributed by atoms with Gasteiger partial charge in [-0.15, -0.1) is 0 Å². The van der Waals surface area contributed by atoms with Gasteiger partial charge in [0.25, 0.3) is 0 Å². The zero-order valence-electron chi connectivity index (χ0n) is 13.7. The Balaban J connectivity index is 2.42. The molecule has 0 bridgehead atoms. The Hall–Kier alpha value is -1.15. The number of aryl methyl sites for hydroxylation is 1. The second-order valence-electron chi connectivity index (χ2n) is 6.26. The van der Waals surface area contributed by atoms with Gasteiger partial charge in [0.1, 0.15) is 5.41 Å². The van der Waals surface area contributed by atoms with Crippen molar-refractivity contribution in [1.29, 1.82) is 0 Å². The van der Waals surface area contributed by atoms with E-state index in [1.807, 2.05) is 6.92 Å². The number of piperidine rings is 1. The number of rotatable bonds is 5. The first-order chi connectivity index (χ1) is 11.1. The first-order valence-electron chi connectivity index (χ1n) is 7.83. The van der Waals surface area contributed by atoms with Gasteiger partial charge in [0.2, 0.25) is 10.0 Å². The number of carbonyl (C=O) groups is 1. The minimum absolute atomic E-state index is 0.0876. The number of hydrogen-bond donors (Lipinski definition) is 2. The number of aliphatic hydroxyl groups is 1. The highest BCUT2D eigenvalue weighted by atomic mass is 35.5. The molecule has 1 aromatic rings. The molecule has 1 heterocycles. The third kappa shape index (κ3) is 3.31. The number of carboxylic acids is 1. The monoisotopic (exact) mass is 375 g/mol. The van der Waals surface area contributed by atoms with Gasteiger partial charge in [0, 0.05) is 18.1 Å². The summed E-state index contributed by atoms with van der Waals surface area (Å²) >= 11 is 5.88. The molecule has 134 valence electrons. The molecule has 0 unspecified atom stereocenters. The Kier molecular flexibility index (Phi) is 5.59. The third-order valence-corrected chi connectivity index (χ3v) is 6.87. The highest BCUT2D eigenvalue weighted by Gasteiger charge is 2.51. The Morgan fingerprint density at radius 1 is 1.46 bits per heavy atom. The number of benzene rings is 1. The summed E-state index contributed by atoms with van der Waals surface area (Å²) in [4.78, 5) is 11.9. The smallest absolute Gasteiger partial charge is 0.313 e. The van der Waals surface area contributed by atoms with Gasteiger partial charge in [-0.1, -0.05) is 24.9 Å². The first-order valence-corrected chi connectivity index (χ1v) is 9.64. The lowest BCUT2D eigenvalue weighted by molar-refractivity contribution is -0.161. The van der Waals surface area contributed by atoms with E-state index in [2.05, 4.69) is 0 Å². The van der Waals surface area contributed by atoms with Crippen molar-refractivity contribution >= 4 is 27.6 Å². The van der Waals surface area contributed by atoms with E-state index in [4.69, 9.17) is 11.6 Å². The lowest BCUT2D eigenvalue weighted by Crippen LogP contribution is -2.57. The van der Waals surface area contributed by atoms with Gasteiger partial charge in [0.15, 0.2) is 0 Å². The second kappa shape index (κ2) is 7.00. The molecule has 0 aliphatic carbocycles. The predicted molar refractivity (Wildman–Crippen MR) is 90.5 cm³/mol. The van der Waals surface area contributed by atoms with Crippen LogP contribution in [0.1, 0.15) is 31.7 Å². The van der Waals surface area contributed by atoms with Gasteiger partial charge in [0.05, 0.1) is 11.0 Å². The average Bonchev–Trinajstić information content (AvgIpc) is 2.48. The maximum absolute atomic E-state index is 12.9. The van der Waals surface area contributed by atoms with Crippen molar-refractivity contribution in [2.45, 2.75) is 44.1 Å². The maximum atomic E-state index is 12.9. The van der Waals surface area contributed by atoms with Crippen molar-refractivity contribution in [2.24, 2.45) is 5.41 Å². The van der Waals surface area contributed by atoms with Crippen LogP contribution in [0.2, 0.25) is 5.02 Å². The van der Waals surface area contributed by atoms with Crippen molar-refractivity contribution in [1.82, 2.24) is 4.31 Å². The van der Waals surface area contributed by atoms with Crippen molar-refractivity contribution < 1.29 is 23.4 Å². The van der Waals surface area contributed by atoms with Crippen molar-refractivity contribution in [2.75, 3.05) is 13.1 Å². The van der Waals surface area contributed by atoms with E-state index >= 15 is 0 Å². The molecule has 1 aliphatic heterocycles. The number of aliphatic hydroxyl groups excluding tert-OH is 1. The quantitative estimate of drug-likeness (QED) is 0.823. The van der Waals surface area contributed by atoms with Crippen LogP contribution in [-0.4, -0.2) is 48.1 Å². The molecule has 0 spiro atoms. The lowest BCUT2D eigenvalue weighted by Gasteiger charge is -2.42. The summed E-state index contributed by atoms with van der Waals surface area (Å²) in [5, 5.41) is 20.3. The fourth-order valence-corrected chi connectivity index (χ4v) is 5.25. The standard InChI is InChI=1S/C16H22ClNO5S/c1-3-7-16(15(20)21)10-18(8-6-14(16)19)24(22,23)13-5-4-12(17)9-11(13)2/h4-5,9,14,19H,3,6-8,10H2,1-2H3,(H,20,21)/t14-,16+/m1/s1. The molecule has 1 aliphatic rings. The minimum atomic E-state index is -3.86. The molecule has 0 amide bonds. The number of sulfonamides is 1. The largest absolute Gasteiger partial charge is 0.481 e. The molecule has 0 radical (unpaired) electrons. The highest BCUT2D eigenvalue weighted by Crippen LogP contribution is 2.38. The molecule has 8 heteroatoms. The molecule has 2 atom stereocenters. The van der Waals surface area contributed by atoms with Crippen LogP contribution in [-0.2, 0) is 14.8 Å². The summed E-state index contributed by atoms with van der Waals surface area (Å²) in [6.45, 7) is 3.31. The Labute approximate surface area is 147 Å². The van der Waals surface area contributed by atoms with Gasteiger partial charge in [-0.05, 0) is 43.5 Å². The van der Waals surface area contributed by atoms with Crippen LogP contribution in [0.15, 0.2) is 23.1 Å². The van der Waals surface area contributed by atoms with Crippen LogP contribution in [0.4, 0.5) is 0 Å². The van der Waals surface area contributed by atoms with Gasteiger partial charge < -0.3 is 10.2 Å². The van der Waals surface area contributed by atoms with E-state index in [0.717, 1.165) is 0 Å². The molecule has 1 aromatic carbocycles. The van der Waals surface area contributed by atoms with Gasteiger partial charge in [-0.3, -0.25) is 4.79 Å². The van der Waals surface area contributed by atoms with Crippen molar-refractivity contribution in [3.05, 3.63) is 28.8 Å². The zero-order chi connectivity index (χ0) is 18.1. The van der Waals surface area contributed by atoms with Crippen LogP contribution in [0.3, 0.4) is 0 Å². The molecule has 24 heavy (non-hydrogen) atoms. The Morgan fingerprint density at radius 3 is 2.67 bits per heavy atom. The van der Waals surface area contributed by atoms with E-state index in [-0.39, 0.29) is 30.8 Å². The molecule has 2 N–H and O–H groups in total. The summed E-state index contributed by atoms with van der Waals surface area (Å²) in [5.74, 6) is -1.16. The number of aliphatic carboxylic acids is 1. The Morgan fingerprint density at radius 2 is 2.12 bits per heavy atom. The summed E-state index contributed by atoms with van der Waals surface area (Å²) in [7, 11) is -3.86. The van der Waals surface area contributed by atoms with Crippen molar-refractivity contribution in [3.63, 3.8) is 0 Å². The van der Waals surface area contributed by atoms with Crippen LogP contribution >= 0.6 is 11.6 Å². The topological polar surface area (TPSA) is 94.9 Å². The third-order valence-electron chi connectivity index (χ3n) is 4.63. The van der Waals surface area contributed by atoms with Gasteiger partial charge in [-0.2, -0.15) is 4.31 Å². The molecular weight excluding hydrogens is 354 g/mol. The average molecular weight is 376 g/mol. The number of halogens is 1. The molecule has 6 nitrogen and oxygen atoms in total. The summed E-state index contributed by atoms with van der Waals surface area (Å²) in [6.07, 6.45) is -0.211. The summed E-state index contributed by atoms with van der Waals surface area (Å²) in [5.41, 5.74) is -0.967. The number of nitrogens with zero attached hydrogens (tertiary/aromatic N) is 1. The lowest BCUT2D eigenvalue weighted by atomic mass is 9.74. The van der Waals surface area contributed by atoms with E-state index in [9.17, 15) is 23.4 Å². The predicted octanol–water partition coefficient (Wildman–Crippen LogP) is 2.27. The van der Waals surface area contributed by atoms with Crippen LogP contribution in [0.25, 0.3) is 0 Å². The molecule has 1 saturated heterocycles. The van der Waals surface area contributed by atoms with E-state index in [1.54, 1.807) is 13.0 Å². The molecule has 1 fully saturated rings. The molecule has 0 saturated carbocycles. The first kappa shape index (κ1) is 19.2. The van der Waals surface area contributed by atoms with Gasteiger partial charge >= 0.3 is 5.97 Å². The fourth-order valence-electron chi connectivity index (χ4n) is 3.30. The molecule has 0 aromatic heterocycles. The van der Waals surface area contributed by atoms with Crippen LogP contribution in [0, 0.1) is 12.3 Å². The zero-order valence-corrected chi connectivity index (χ0v) is 15.3. The van der Waals surface area contributed by atoms with Gasteiger partial charge in [-0.25, -0.2) is 8.42 Å². The minimum Gasteiger partial charge on any atom is -0.481 e. The van der Waals surface area contributed by atoms with E-state index < -0.39 is 27.5 Å². The van der Waals surface area contributed by atoms with E-state index in [1.165, 1.54) is 16.4 Å². The van der Waals surface area contributed by atoms with Crippen molar-refractivity contribution in [3.8, 4) is 0 Å². The summed E-state index contributed by atoms with van der Waals surface area (Å²) < 4.78 is 27.1. The maximum Gasteiger partial charge on any atom is 0.313 e.